The summed E-state index contributed by atoms with van der Waals surface area (Å²) in [5.41, 5.74) is 3.64. The molecule has 0 aromatic carbocycles. The van der Waals surface area contributed by atoms with Crippen LogP contribution in [0, 0.1) is 12.8 Å². The van der Waals surface area contributed by atoms with Crippen LogP contribution in [0.2, 0.25) is 0 Å². The summed E-state index contributed by atoms with van der Waals surface area (Å²) in [7, 11) is 0. The number of fused-ring (bicyclic) bond motifs is 1. The van der Waals surface area contributed by atoms with Crippen molar-refractivity contribution in [1.29, 1.82) is 0 Å². The van der Waals surface area contributed by atoms with E-state index in [2.05, 4.69) is 22.9 Å². The Bertz CT molecular complexity index is 444. The zero-order valence-electron chi connectivity index (χ0n) is 11.7. The minimum Gasteiger partial charge on any atom is -0.368 e. The molecule has 2 fully saturated rings. The average Bonchev–Trinajstić information content (AvgIpc) is 2.46. The van der Waals surface area contributed by atoms with Crippen LogP contribution in [0.4, 0.5) is 5.69 Å². The topological polar surface area (TPSA) is 16.1 Å². The molecule has 3 heteroatoms. The Labute approximate surface area is 121 Å². The number of alkyl halides is 1. The normalized spacial score (nSPS) is 27.2. The molecular formula is C16H23ClN2. The van der Waals surface area contributed by atoms with Crippen molar-refractivity contribution in [3.63, 3.8) is 0 Å². The van der Waals surface area contributed by atoms with E-state index >= 15 is 0 Å². The molecule has 3 rings (SSSR count). The van der Waals surface area contributed by atoms with Crippen molar-refractivity contribution in [3.05, 3.63) is 23.5 Å². The minimum atomic E-state index is 0.566. The summed E-state index contributed by atoms with van der Waals surface area (Å²) in [5, 5.41) is 0. The maximum Gasteiger partial charge on any atom is 0.0509 e. The number of nitrogens with zero attached hydrogens (tertiary/aromatic N) is 2. The van der Waals surface area contributed by atoms with Gasteiger partial charge in [0, 0.05) is 35.7 Å². The molecule has 1 aromatic rings. The van der Waals surface area contributed by atoms with Gasteiger partial charge in [0.1, 0.15) is 0 Å². The number of anilines is 1. The van der Waals surface area contributed by atoms with Crippen molar-refractivity contribution in [3.8, 4) is 0 Å². The third-order valence-electron chi connectivity index (χ3n) is 4.80. The van der Waals surface area contributed by atoms with Crippen molar-refractivity contribution < 1.29 is 0 Å². The number of aromatic nitrogens is 1. The summed E-state index contributed by atoms with van der Waals surface area (Å²) >= 11 is 6.11. The summed E-state index contributed by atoms with van der Waals surface area (Å²) in [5.74, 6) is 1.47. The Balaban J connectivity index is 1.93. The van der Waals surface area contributed by atoms with Crippen LogP contribution in [0.25, 0.3) is 0 Å². The van der Waals surface area contributed by atoms with Crippen LogP contribution in [-0.2, 0) is 5.88 Å². The molecule has 2 aliphatic rings. The Hall–Kier alpha value is -0.760. The summed E-state index contributed by atoms with van der Waals surface area (Å²) in [6.07, 6.45) is 10.3. The van der Waals surface area contributed by atoms with Gasteiger partial charge in [-0.15, -0.1) is 11.6 Å². The summed E-state index contributed by atoms with van der Waals surface area (Å²) in [6, 6.07) is 2.97. The number of rotatable bonds is 2. The van der Waals surface area contributed by atoms with Crippen molar-refractivity contribution >= 4 is 17.3 Å². The van der Waals surface area contributed by atoms with Gasteiger partial charge in [0.15, 0.2) is 0 Å². The smallest absolute Gasteiger partial charge is 0.0509 e. The molecule has 0 unspecified atom stereocenters. The molecule has 1 aromatic heterocycles. The first kappa shape index (κ1) is 13.2. The second kappa shape index (κ2) is 5.70. The van der Waals surface area contributed by atoms with Crippen molar-refractivity contribution in [2.45, 2.75) is 57.4 Å². The fraction of sp³-hybridized carbons (Fsp3) is 0.688. The second-order valence-electron chi connectivity index (χ2n) is 6.04. The van der Waals surface area contributed by atoms with Crippen molar-refractivity contribution in [2.75, 3.05) is 11.4 Å². The van der Waals surface area contributed by atoms with Crippen LogP contribution in [0.1, 0.15) is 49.8 Å². The predicted octanol–water partition coefficient (Wildman–Crippen LogP) is 4.29. The molecule has 0 spiro atoms. The molecule has 1 aliphatic heterocycles. The third kappa shape index (κ3) is 2.60. The van der Waals surface area contributed by atoms with Crippen LogP contribution in [-0.4, -0.2) is 17.6 Å². The highest BCUT2D eigenvalue weighted by Gasteiger charge is 2.34. The third-order valence-corrected chi connectivity index (χ3v) is 5.08. The first-order valence-corrected chi connectivity index (χ1v) is 8.11. The fourth-order valence-corrected chi connectivity index (χ4v) is 4.07. The molecule has 1 saturated heterocycles. The number of halogens is 1. The van der Waals surface area contributed by atoms with Crippen LogP contribution in [0.3, 0.4) is 0 Å². The number of hydrogen-bond donors (Lipinski definition) is 0. The fourth-order valence-electron chi connectivity index (χ4n) is 3.87. The van der Waals surface area contributed by atoms with Crippen molar-refractivity contribution in [2.24, 2.45) is 5.92 Å². The van der Waals surface area contributed by atoms with E-state index in [0.29, 0.717) is 5.88 Å². The number of piperidine rings is 1. The lowest BCUT2D eigenvalue weighted by molar-refractivity contribution is 0.243. The van der Waals surface area contributed by atoms with Crippen LogP contribution >= 0.6 is 11.6 Å². The first-order chi connectivity index (χ1) is 9.29. The summed E-state index contributed by atoms with van der Waals surface area (Å²) in [4.78, 5) is 7.04. The number of hydrogen-bond acceptors (Lipinski definition) is 2. The van der Waals surface area contributed by atoms with Gasteiger partial charge >= 0.3 is 0 Å². The average molecular weight is 279 g/mol. The highest BCUT2D eigenvalue weighted by molar-refractivity contribution is 6.17. The SMILES string of the molecule is Cc1cc(N2CCC[C@H]3CCCC[C@H]32)c(CCl)cn1. The Morgan fingerprint density at radius 2 is 2.05 bits per heavy atom. The lowest BCUT2D eigenvalue weighted by Gasteiger charge is -2.46. The quantitative estimate of drug-likeness (QED) is 0.751. The summed E-state index contributed by atoms with van der Waals surface area (Å²) in [6.45, 7) is 3.26. The van der Waals surface area contributed by atoms with E-state index in [0.717, 1.165) is 17.7 Å². The molecular weight excluding hydrogens is 256 g/mol. The predicted molar refractivity (Wildman–Crippen MR) is 80.9 cm³/mol. The van der Waals surface area contributed by atoms with Crippen LogP contribution < -0.4 is 4.90 Å². The van der Waals surface area contributed by atoms with Crippen LogP contribution in [0.15, 0.2) is 12.3 Å². The molecule has 0 amide bonds. The molecule has 0 bridgehead atoms. The van der Waals surface area contributed by atoms with Gasteiger partial charge in [0.05, 0.1) is 5.88 Å². The van der Waals surface area contributed by atoms with Gasteiger partial charge in [-0.05, 0) is 44.6 Å². The zero-order valence-corrected chi connectivity index (χ0v) is 12.5. The van der Waals surface area contributed by atoms with Gasteiger partial charge in [-0.1, -0.05) is 12.8 Å². The molecule has 2 heterocycles. The molecule has 0 N–H and O–H groups in total. The molecule has 1 aliphatic carbocycles. The van der Waals surface area contributed by atoms with Gasteiger partial charge < -0.3 is 4.90 Å². The van der Waals surface area contributed by atoms with Gasteiger partial charge in [-0.25, -0.2) is 0 Å². The Kier molecular flexibility index (Phi) is 3.97. The molecule has 2 atom stereocenters. The zero-order chi connectivity index (χ0) is 13.2. The highest BCUT2D eigenvalue weighted by atomic mass is 35.5. The van der Waals surface area contributed by atoms with E-state index in [4.69, 9.17) is 11.6 Å². The maximum absolute atomic E-state index is 6.11. The van der Waals surface area contributed by atoms with Crippen LogP contribution in [0.5, 0.6) is 0 Å². The number of aryl methyl sites for hydroxylation is 1. The molecule has 2 nitrogen and oxygen atoms in total. The standard InChI is InChI=1S/C16H23ClN2/c1-12-9-16(14(10-17)11-18-12)19-8-4-6-13-5-2-3-7-15(13)19/h9,11,13,15H,2-8,10H2,1H3/t13-,15-/m1/s1. The Morgan fingerprint density at radius 1 is 1.26 bits per heavy atom. The first-order valence-electron chi connectivity index (χ1n) is 7.57. The minimum absolute atomic E-state index is 0.566. The highest BCUT2D eigenvalue weighted by Crippen LogP contribution is 2.39. The van der Waals surface area contributed by atoms with E-state index in [1.165, 1.54) is 56.3 Å². The molecule has 104 valence electrons. The van der Waals surface area contributed by atoms with E-state index in [1.54, 1.807) is 0 Å². The van der Waals surface area contributed by atoms with E-state index in [1.807, 2.05) is 6.20 Å². The van der Waals surface area contributed by atoms with Crippen molar-refractivity contribution in [1.82, 2.24) is 4.98 Å². The van der Waals surface area contributed by atoms with Gasteiger partial charge in [0.25, 0.3) is 0 Å². The van der Waals surface area contributed by atoms with E-state index in [-0.39, 0.29) is 0 Å². The Morgan fingerprint density at radius 3 is 2.89 bits per heavy atom. The van der Waals surface area contributed by atoms with E-state index in [9.17, 15) is 0 Å². The molecule has 0 radical (unpaired) electrons. The summed E-state index contributed by atoms with van der Waals surface area (Å²) < 4.78 is 0. The largest absolute Gasteiger partial charge is 0.368 e. The number of pyridine rings is 1. The molecule has 1 saturated carbocycles. The van der Waals surface area contributed by atoms with Gasteiger partial charge in [-0.3, -0.25) is 4.98 Å². The second-order valence-corrected chi connectivity index (χ2v) is 6.30. The lowest BCUT2D eigenvalue weighted by atomic mass is 9.78. The lowest BCUT2D eigenvalue weighted by Crippen LogP contribution is -2.47. The maximum atomic E-state index is 6.11. The van der Waals surface area contributed by atoms with Gasteiger partial charge in [0.2, 0.25) is 0 Å². The molecule has 19 heavy (non-hydrogen) atoms. The van der Waals surface area contributed by atoms with E-state index < -0.39 is 0 Å². The monoisotopic (exact) mass is 278 g/mol. The van der Waals surface area contributed by atoms with Gasteiger partial charge in [-0.2, -0.15) is 0 Å².